The maximum atomic E-state index is 4.54. The summed E-state index contributed by atoms with van der Waals surface area (Å²) in [6.45, 7) is 10.8. The molecule has 0 saturated carbocycles. The molecule has 0 bridgehead atoms. The molecule has 0 unspecified atom stereocenters. The third-order valence-corrected chi connectivity index (χ3v) is 3.24. The SMILES string of the molecule is Cc1cn(C(C)C)c(Nc2ccc(C(C)C)cc2)n1. The van der Waals surface area contributed by atoms with Crippen molar-refractivity contribution >= 4 is 11.6 Å². The Hall–Kier alpha value is -1.77. The Bertz CT molecular complexity index is 536. The molecule has 0 aliphatic heterocycles. The van der Waals surface area contributed by atoms with E-state index >= 15 is 0 Å². The zero-order chi connectivity index (χ0) is 14.0. The number of imidazole rings is 1. The summed E-state index contributed by atoms with van der Waals surface area (Å²) < 4.78 is 2.16. The summed E-state index contributed by atoms with van der Waals surface area (Å²) in [6.07, 6.45) is 2.08. The van der Waals surface area contributed by atoms with E-state index in [4.69, 9.17) is 0 Å². The average molecular weight is 257 g/mol. The Balaban J connectivity index is 2.21. The number of nitrogens with one attached hydrogen (secondary N) is 1. The molecule has 19 heavy (non-hydrogen) atoms. The fourth-order valence-electron chi connectivity index (χ4n) is 2.08. The number of rotatable bonds is 4. The number of hydrogen-bond donors (Lipinski definition) is 1. The maximum absolute atomic E-state index is 4.54. The molecule has 0 radical (unpaired) electrons. The zero-order valence-corrected chi connectivity index (χ0v) is 12.4. The molecule has 1 aromatic carbocycles. The number of nitrogens with zero attached hydrogens (tertiary/aromatic N) is 2. The van der Waals surface area contributed by atoms with Gasteiger partial charge in [-0.25, -0.2) is 4.98 Å². The quantitative estimate of drug-likeness (QED) is 0.864. The second-order valence-electron chi connectivity index (χ2n) is 5.61. The molecule has 2 rings (SSSR count). The third-order valence-electron chi connectivity index (χ3n) is 3.24. The first-order valence-electron chi connectivity index (χ1n) is 6.90. The van der Waals surface area contributed by atoms with Crippen LogP contribution in [0.3, 0.4) is 0 Å². The highest BCUT2D eigenvalue weighted by Crippen LogP contribution is 2.22. The van der Waals surface area contributed by atoms with Gasteiger partial charge in [0.2, 0.25) is 5.95 Å². The fourth-order valence-corrected chi connectivity index (χ4v) is 2.08. The minimum atomic E-state index is 0.402. The lowest BCUT2D eigenvalue weighted by Gasteiger charge is -2.13. The zero-order valence-electron chi connectivity index (χ0n) is 12.4. The van der Waals surface area contributed by atoms with Gasteiger partial charge in [-0.3, -0.25) is 0 Å². The van der Waals surface area contributed by atoms with Crippen LogP contribution in [0, 0.1) is 6.92 Å². The van der Waals surface area contributed by atoms with Crippen LogP contribution in [0.1, 0.15) is 50.9 Å². The standard InChI is InChI=1S/C16H23N3/c1-11(2)14-6-8-15(9-7-14)18-16-17-13(5)10-19(16)12(3)4/h6-12H,1-5H3,(H,17,18). The molecule has 102 valence electrons. The van der Waals surface area contributed by atoms with E-state index in [0.29, 0.717) is 12.0 Å². The van der Waals surface area contributed by atoms with Crippen LogP contribution in [0.5, 0.6) is 0 Å². The lowest BCUT2D eigenvalue weighted by atomic mass is 10.0. The summed E-state index contributed by atoms with van der Waals surface area (Å²) in [7, 11) is 0. The van der Waals surface area contributed by atoms with Gasteiger partial charge in [0.25, 0.3) is 0 Å². The molecule has 1 N–H and O–H groups in total. The number of aryl methyl sites for hydroxylation is 1. The normalized spacial score (nSPS) is 11.3. The minimum Gasteiger partial charge on any atom is -0.326 e. The Morgan fingerprint density at radius 1 is 1.05 bits per heavy atom. The average Bonchev–Trinajstić information content (AvgIpc) is 2.71. The van der Waals surface area contributed by atoms with Crippen LogP contribution in [-0.4, -0.2) is 9.55 Å². The number of benzene rings is 1. The molecule has 0 saturated heterocycles. The van der Waals surface area contributed by atoms with Gasteiger partial charge in [0.15, 0.2) is 0 Å². The van der Waals surface area contributed by atoms with Gasteiger partial charge in [0, 0.05) is 17.9 Å². The first-order chi connectivity index (χ1) is 8.97. The Morgan fingerprint density at radius 3 is 2.21 bits per heavy atom. The van der Waals surface area contributed by atoms with Gasteiger partial charge in [0.1, 0.15) is 0 Å². The predicted molar refractivity (Wildman–Crippen MR) is 81.2 cm³/mol. The van der Waals surface area contributed by atoms with E-state index in [1.807, 2.05) is 6.92 Å². The van der Waals surface area contributed by atoms with Crippen molar-refractivity contribution in [2.75, 3.05) is 5.32 Å². The Labute approximate surface area is 115 Å². The lowest BCUT2D eigenvalue weighted by Crippen LogP contribution is -2.05. The summed E-state index contributed by atoms with van der Waals surface area (Å²) in [5, 5.41) is 3.39. The molecule has 3 heteroatoms. The first-order valence-corrected chi connectivity index (χ1v) is 6.90. The van der Waals surface area contributed by atoms with Crippen LogP contribution in [-0.2, 0) is 0 Å². The first kappa shape index (κ1) is 13.7. The molecule has 0 aliphatic carbocycles. The van der Waals surface area contributed by atoms with Crippen molar-refractivity contribution < 1.29 is 0 Å². The highest BCUT2D eigenvalue weighted by Gasteiger charge is 2.08. The van der Waals surface area contributed by atoms with Crippen LogP contribution in [0.25, 0.3) is 0 Å². The highest BCUT2D eigenvalue weighted by atomic mass is 15.2. The summed E-state index contributed by atoms with van der Waals surface area (Å²) in [4.78, 5) is 4.54. The number of aromatic nitrogens is 2. The molecular formula is C16H23N3. The van der Waals surface area contributed by atoms with Gasteiger partial charge in [-0.05, 0) is 44.4 Å². The summed E-state index contributed by atoms with van der Waals surface area (Å²) >= 11 is 0. The van der Waals surface area contributed by atoms with Gasteiger partial charge in [-0.2, -0.15) is 0 Å². The van der Waals surface area contributed by atoms with Crippen LogP contribution >= 0.6 is 0 Å². The van der Waals surface area contributed by atoms with E-state index in [2.05, 4.69) is 73.0 Å². The van der Waals surface area contributed by atoms with Crippen LogP contribution in [0.4, 0.5) is 11.6 Å². The summed E-state index contributed by atoms with van der Waals surface area (Å²) in [6, 6.07) is 8.97. The van der Waals surface area contributed by atoms with E-state index in [1.165, 1.54) is 5.56 Å². The van der Waals surface area contributed by atoms with Gasteiger partial charge in [-0.15, -0.1) is 0 Å². The van der Waals surface area contributed by atoms with Gasteiger partial charge in [-0.1, -0.05) is 26.0 Å². The van der Waals surface area contributed by atoms with Crippen molar-refractivity contribution in [1.82, 2.24) is 9.55 Å². The van der Waals surface area contributed by atoms with Crippen molar-refractivity contribution in [3.63, 3.8) is 0 Å². The van der Waals surface area contributed by atoms with Crippen molar-refractivity contribution in [1.29, 1.82) is 0 Å². The predicted octanol–water partition coefficient (Wildman–Crippen LogP) is 4.64. The monoisotopic (exact) mass is 257 g/mol. The Kier molecular flexibility index (Phi) is 3.93. The highest BCUT2D eigenvalue weighted by molar-refractivity contribution is 5.54. The number of anilines is 2. The molecule has 0 spiro atoms. The molecule has 2 aromatic rings. The molecular weight excluding hydrogens is 234 g/mol. The molecule has 0 aliphatic rings. The topological polar surface area (TPSA) is 29.9 Å². The van der Waals surface area contributed by atoms with Crippen molar-refractivity contribution in [3.05, 3.63) is 41.7 Å². The fraction of sp³-hybridized carbons (Fsp3) is 0.438. The van der Waals surface area contributed by atoms with Crippen LogP contribution in [0.15, 0.2) is 30.5 Å². The smallest absolute Gasteiger partial charge is 0.207 e. The molecule has 3 nitrogen and oxygen atoms in total. The van der Waals surface area contributed by atoms with Crippen molar-refractivity contribution in [2.45, 2.75) is 46.6 Å². The largest absolute Gasteiger partial charge is 0.326 e. The minimum absolute atomic E-state index is 0.402. The van der Waals surface area contributed by atoms with E-state index in [-0.39, 0.29) is 0 Å². The van der Waals surface area contributed by atoms with Crippen molar-refractivity contribution in [2.24, 2.45) is 0 Å². The second-order valence-corrected chi connectivity index (χ2v) is 5.61. The van der Waals surface area contributed by atoms with Crippen molar-refractivity contribution in [3.8, 4) is 0 Å². The molecule has 0 amide bonds. The van der Waals surface area contributed by atoms with Gasteiger partial charge in [0.05, 0.1) is 5.69 Å². The summed E-state index contributed by atoms with van der Waals surface area (Å²) in [5.74, 6) is 1.47. The van der Waals surface area contributed by atoms with Gasteiger partial charge < -0.3 is 9.88 Å². The third kappa shape index (κ3) is 3.16. The van der Waals surface area contributed by atoms with E-state index in [9.17, 15) is 0 Å². The molecule has 0 atom stereocenters. The van der Waals surface area contributed by atoms with E-state index in [1.54, 1.807) is 0 Å². The number of hydrogen-bond acceptors (Lipinski definition) is 2. The second kappa shape index (κ2) is 5.47. The van der Waals surface area contributed by atoms with E-state index in [0.717, 1.165) is 17.3 Å². The molecule has 1 heterocycles. The molecule has 0 fully saturated rings. The molecule has 1 aromatic heterocycles. The summed E-state index contributed by atoms with van der Waals surface area (Å²) in [5.41, 5.74) is 3.47. The van der Waals surface area contributed by atoms with E-state index < -0.39 is 0 Å². The van der Waals surface area contributed by atoms with Gasteiger partial charge >= 0.3 is 0 Å². The lowest BCUT2D eigenvalue weighted by molar-refractivity contribution is 0.607. The van der Waals surface area contributed by atoms with Crippen LogP contribution < -0.4 is 5.32 Å². The maximum Gasteiger partial charge on any atom is 0.207 e. The van der Waals surface area contributed by atoms with Crippen LogP contribution in [0.2, 0.25) is 0 Å². The Morgan fingerprint density at radius 2 is 1.68 bits per heavy atom.